The molecule has 0 atom stereocenters. The second-order valence-electron chi connectivity index (χ2n) is 4.48. The number of nitrogens with zero attached hydrogens (tertiary/aromatic N) is 2. The van der Waals surface area contributed by atoms with Crippen LogP contribution in [0.2, 0.25) is 5.02 Å². The molecule has 0 saturated heterocycles. The Kier molecular flexibility index (Phi) is 3.02. The number of benzene rings is 1. The van der Waals surface area contributed by atoms with Crippen molar-refractivity contribution in [1.82, 2.24) is 9.97 Å². The second-order valence-corrected chi connectivity index (χ2v) is 4.92. The zero-order valence-corrected chi connectivity index (χ0v) is 10.7. The summed E-state index contributed by atoms with van der Waals surface area (Å²) in [5.74, 6) is 0.757. The van der Waals surface area contributed by atoms with Gasteiger partial charge in [0.15, 0.2) is 5.82 Å². The predicted molar refractivity (Wildman–Crippen MR) is 72.4 cm³/mol. The molecule has 1 aromatic heterocycles. The molecule has 0 fully saturated rings. The van der Waals surface area contributed by atoms with Gasteiger partial charge in [0, 0.05) is 22.8 Å². The van der Waals surface area contributed by atoms with Crippen molar-refractivity contribution in [1.29, 1.82) is 0 Å². The van der Waals surface area contributed by atoms with E-state index in [4.69, 9.17) is 17.3 Å². The third-order valence-corrected chi connectivity index (χ3v) is 3.57. The summed E-state index contributed by atoms with van der Waals surface area (Å²) in [7, 11) is 0. The number of halogens is 1. The van der Waals surface area contributed by atoms with Gasteiger partial charge in [-0.2, -0.15) is 0 Å². The van der Waals surface area contributed by atoms with Gasteiger partial charge in [-0.15, -0.1) is 0 Å². The molecular weight excluding hydrogens is 246 g/mol. The van der Waals surface area contributed by atoms with Gasteiger partial charge in [0.05, 0.1) is 5.69 Å². The van der Waals surface area contributed by atoms with Crippen LogP contribution in [-0.4, -0.2) is 9.97 Å². The molecule has 0 aliphatic heterocycles. The van der Waals surface area contributed by atoms with Crippen molar-refractivity contribution >= 4 is 11.6 Å². The summed E-state index contributed by atoms with van der Waals surface area (Å²) in [5.41, 5.74) is 10.2. The summed E-state index contributed by atoms with van der Waals surface area (Å²) in [6, 6.07) is 7.60. The van der Waals surface area contributed by atoms with E-state index < -0.39 is 0 Å². The maximum absolute atomic E-state index is 5.89. The van der Waals surface area contributed by atoms with E-state index in [0.29, 0.717) is 6.54 Å². The highest BCUT2D eigenvalue weighted by Crippen LogP contribution is 2.26. The Bertz CT molecular complexity index is 578. The molecule has 2 aromatic rings. The molecule has 0 spiro atoms. The lowest BCUT2D eigenvalue weighted by molar-refractivity contribution is 0.892. The van der Waals surface area contributed by atoms with Crippen LogP contribution in [0.5, 0.6) is 0 Å². The first-order valence-electron chi connectivity index (χ1n) is 6.12. The average molecular weight is 260 g/mol. The SMILES string of the molecule is NCc1nc(-c2ccc(Cl)cc2)nc2c1CCC2. The maximum Gasteiger partial charge on any atom is 0.159 e. The Hall–Kier alpha value is -1.45. The fourth-order valence-corrected chi connectivity index (χ4v) is 2.53. The van der Waals surface area contributed by atoms with Crippen LogP contribution in [0.1, 0.15) is 23.4 Å². The Balaban J connectivity index is 2.10. The fourth-order valence-electron chi connectivity index (χ4n) is 2.41. The van der Waals surface area contributed by atoms with Gasteiger partial charge < -0.3 is 5.73 Å². The van der Waals surface area contributed by atoms with Crippen LogP contribution >= 0.6 is 11.6 Å². The molecule has 0 amide bonds. The number of fused-ring (bicyclic) bond motifs is 1. The minimum atomic E-state index is 0.478. The first-order valence-corrected chi connectivity index (χ1v) is 6.50. The lowest BCUT2D eigenvalue weighted by Crippen LogP contribution is -2.07. The molecule has 1 aromatic carbocycles. The van der Waals surface area contributed by atoms with Crippen LogP contribution in [-0.2, 0) is 19.4 Å². The Labute approximate surface area is 111 Å². The molecule has 1 heterocycles. The largest absolute Gasteiger partial charge is 0.325 e. The summed E-state index contributed by atoms with van der Waals surface area (Å²) >= 11 is 5.89. The van der Waals surface area contributed by atoms with Crippen LogP contribution in [0, 0.1) is 0 Å². The summed E-state index contributed by atoms with van der Waals surface area (Å²) in [6.07, 6.45) is 3.25. The smallest absolute Gasteiger partial charge is 0.159 e. The molecule has 0 unspecified atom stereocenters. The highest BCUT2D eigenvalue weighted by molar-refractivity contribution is 6.30. The quantitative estimate of drug-likeness (QED) is 0.902. The van der Waals surface area contributed by atoms with Gasteiger partial charge in [-0.1, -0.05) is 11.6 Å². The normalized spacial score (nSPS) is 13.7. The van der Waals surface area contributed by atoms with Crippen molar-refractivity contribution in [3.05, 3.63) is 46.2 Å². The third-order valence-electron chi connectivity index (χ3n) is 3.31. The van der Waals surface area contributed by atoms with Gasteiger partial charge in [0.2, 0.25) is 0 Å². The molecule has 18 heavy (non-hydrogen) atoms. The molecule has 2 N–H and O–H groups in total. The monoisotopic (exact) mass is 259 g/mol. The van der Waals surface area contributed by atoms with Crippen molar-refractivity contribution in [2.24, 2.45) is 5.73 Å². The molecule has 0 radical (unpaired) electrons. The lowest BCUT2D eigenvalue weighted by atomic mass is 10.1. The minimum Gasteiger partial charge on any atom is -0.325 e. The molecule has 1 aliphatic carbocycles. The molecule has 92 valence electrons. The number of hydrogen-bond donors (Lipinski definition) is 1. The summed E-state index contributed by atoms with van der Waals surface area (Å²) < 4.78 is 0. The second kappa shape index (κ2) is 4.67. The van der Waals surface area contributed by atoms with E-state index in [0.717, 1.165) is 47.1 Å². The zero-order valence-electron chi connectivity index (χ0n) is 9.99. The third kappa shape index (κ3) is 2.00. The van der Waals surface area contributed by atoms with Crippen molar-refractivity contribution in [2.75, 3.05) is 0 Å². The minimum absolute atomic E-state index is 0.478. The van der Waals surface area contributed by atoms with Crippen LogP contribution in [0.4, 0.5) is 0 Å². The van der Waals surface area contributed by atoms with Crippen LogP contribution < -0.4 is 5.73 Å². The van der Waals surface area contributed by atoms with Crippen molar-refractivity contribution in [2.45, 2.75) is 25.8 Å². The summed E-state index contributed by atoms with van der Waals surface area (Å²) in [5, 5.41) is 0.721. The van der Waals surface area contributed by atoms with Gasteiger partial charge in [-0.05, 0) is 49.1 Å². The number of nitrogens with two attached hydrogens (primary N) is 1. The molecule has 3 rings (SSSR count). The number of aryl methyl sites for hydroxylation is 1. The van der Waals surface area contributed by atoms with Crippen molar-refractivity contribution < 1.29 is 0 Å². The van der Waals surface area contributed by atoms with E-state index in [9.17, 15) is 0 Å². The van der Waals surface area contributed by atoms with Crippen molar-refractivity contribution in [3.63, 3.8) is 0 Å². The molecular formula is C14H14ClN3. The van der Waals surface area contributed by atoms with Crippen LogP contribution in [0.25, 0.3) is 11.4 Å². The topological polar surface area (TPSA) is 51.8 Å². The molecule has 0 bridgehead atoms. The van der Waals surface area contributed by atoms with E-state index >= 15 is 0 Å². The lowest BCUT2D eigenvalue weighted by Gasteiger charge is -2.08. The molecule has 4 heteroatoms. The Morgan fingerprint density at radius 2 is 1.89 bits per heavy atom. The zero-order chi connectivity index (χ0) is 12.5. The van der Waals surface area contributed by atoms with Crippen LogP contribution in [0.15, 0.2) is 24.3 Å². The number of rotatable bonds is 2. The van der Waals surface area contributed by atoms with E-state index in [1.165, 1.54) is 5.56 Å². The van der Waals surface area contributed by atoms with Gasteiger partial charge >= 0.3 is 0 Å². The molecule has 0 saturated carbocycles. The van der Waals surface area contributed by atoms with Gasteiger partial charge in [0.1, 0.15) is 0 Å². The highest BCUT2D eigenvalue weighted by atomic mass is 35.5. The van der Waals surface area contributed by atoms with Crippen molar-refractivity contribution in [3.8, 4) is 11.4 Å². The number of hydrogen-bond acceptors (Lipinski definition) is 3. The predicted octanol–water partition coefficient (Wildman–Crippen LogP) is 2.74. The van der Waals surface area contributed by atoms with E-state index in [-0.39, 0.29) is 0 Å². The molecule has 3 nitrogen and oxygen atoms in total. The highest BCUT2D eigenvalue weighted by Gasteiger charge is 2.18. The summed E-state index contributed by atoms with van der Waals surface area (Å²) in [6.45, 7) is 0.478. The fraction of sp³-hybridized carbons (Fsp3) is 0.286. The van der Waals surface area contributed by atoms with Gasteiger partial charge in [-0.25, -0.2) is 9.97 Å². The standard InChI is InChI=1S/C14H14ClN3/c15-10-6-4-9(5-7-10)14-17-12-3-1-2-11(12)13(8-16)18-14/h4-7H,1-3,8,16H2. The van der Waals surface area contributed by atoms with E-state index in [1.54, 1.807) is 0 Å². The van der Waals surface area contributed by atoms with Gasteiger partial charge in [-0.3, -0.25) is 0 Å². The average Bonchev–Trinajstić information content (AvgIpc) is 2.86. The van der Waals surface area contributed by atoms with Crippen LogP contribution in [0.3, 0.4) is 0 Å². The van der Waals surface area contributed by atoms with E-state index in [1.807, 2.05) is 24.3 Å². The first-order chi connectivity index (χ1) is 8.78. The first kappa shape index (κ1) is 11.6. The summed E-state index contributed by atoms with van der Waals surface area (Å²) in [4.78, 5) is 9.24. The number of aromatic nitrogens is 2. The Morgan fingerprint density at radius 3 is 2.61 bits per heavy atom. The molecule has 1 aliphatic rings. The Morgan fingerprint density at radius 1 is 1.11 bits per heavy atom. The maximum atomic E-state index is 5.89. The van der Waals surface area contributed by atoms with E-state index in [2.05, 4.69) is 9.97 Å². The van der Waals surface area contributed by atoms with Gasteiger partial charge in [0.25, 0.3) is 0 Å².